The highest BCUT2D eigenvalue weighted by Crippen LogP contribution is 2.25. The molecule has 0 aliphatic heterocycles. The van der Waals surface area contributed by atoms with Crippen LogP contribution < -0.4 is 10.1 Å². The zero-order valence-electron chi connectivity index (χ0n) is 18.5. The number of fused-ring (bicyclic) bond motifs is 1. The number of phenolic OH excluding ortho intramolecular Hbond substituents is 1. The smallest absolute Gasteiger partial charge is 0.303 e. The van der Waals surface area contributed by atoms with Gasteiger partial charge >= 0.3 is 5.97 Å². The molecule has 0 aromatic heterocycles. The fraction of sp³-hybridized carbons (Fsp3) is 0.259. The third kappa shape index (κ3) is 7.68. The molecule has 3 aromatic carbocycles. The minimum absolute atomic E-state index is 0.120. The molecular weight excluding hydrogens is 418 g/mol. The highest BCUT2D eigenvalue weighted by molar-refractivity contribution is 5.94. The summed E-state index contributed by atoms with van der Waals surface area (Å²) in [6.07, 6.45) is 4.45. The first-order chi connectivity index (χ1) is 16.0. The Bertz CT molecular complexity index is 1100. The molecule has 3 aromatic rings. The molecule has 0 aliphatic carbocycles. The van der Waals surface area contributed by atoms with Crippen molar-refractivity contribution < 1.29 is 24.5 Å². The van der Waals surface area contributed by atoms with Crippen LogP contribution in [-0.2, 0) is 16.0 Å². The molecule has 0 bridgehead atoms. The quantitative estimate of drug-likeness (QED) is 0.272. The lowest BCUT2D eigenvalue weighted by atomic mass is 10.1. The van der Waals surface area contributed by atoms with E-state index < -0.39 is 5.97 Å². The average Bonchev–Trinajstić information content (AvgIpc) is 2.81. The van der Waals surface area contributed by atoms with Crippen molar-refractivity contribution in [1.82, 2.24) is 5.32 Å². The Balaban J connectivity index is 1.62. The van der Waals surface area contributed by atoms with Gasteiger partial charge in [0.2, 0.25) is 5.91 Å². The fourth-order valence-corrected chi connectivity index (χ4v) is 3.49. The lowest BCUT2D eigenvalue weighted by Gasteiger charge is -2.13. The number of allylic oxidation sites excluding steroid dienone is 1. The standard InChI is InChI=1S/C27H29NO5/c29-23-15-13-20(14-16-23)17-18-28-27(32)22(8-2-1-3-12-26(30)31)19-33-25-11-6-9-21-7-4-5-10-24(21)25/h4-11,13-16,29H,1-3,12,17-19H2,(H,28,32)(H,30,31). The van der Waals surface area contributed by atoms with Gasteiger partial charge in [-0.3, -0.25) is 9.59 Å². The molecule has 0 saturated heterocycles. The van der Waals surface area contributed by atoms with E-state index in [1.165, 1.54) is 0 Å². The summed E-state index contributed by atoms with van der Waals surface area (Å²) in [5.74, 6) is -0.0963. The number of benzene rings is 3. The first-order valence-electron chi connectivity index (χ1n) is 11.1. The Hall–Kier alpha value is -3.80. The van der Waals surface area contributed by atoms with Crippen LogP contribution in [0.1, 0.15) is 31.2 Å². The lowest BCUT2D eigenvalue weighted by molar-refractivity contribution is -0.137. The van der Waals surface area contributed by atoms with Crippen molar-refractivity contribution in [1.29, 1.82) is 0 Å². The summed E-state index contributed by atoms with van der Waals surface area (Å²) in [7, 11) is 0. The minimum Gasteiger partial charge on any atom is -0.508 e. The van der Waals surface area contributed by atoms with Crippen LogP contribution in [0.4, 0.5) is 0 Å². The molecule has 0 heterocycles. The van der Waals surface area contributed by atoms with Gasteiger partial charge in [-0.05, 0) is 54.8 Å². The average molecular weight is 448 g/mol. The van der Waals surface area contributed by atoms with E-state index in [1.807, 2.05) is 60.7 Å². The molecule has 0 fully saturated rings. The predicted octanol–water partition coefficient (Wildman–Crippen LogP) is 4.85. The summed E-state index contributed by atoms with van der Waals surface area (Å²) in [5, 5.41) is 23.2. The topological polar surface area (TPSA) is 95.9 Å². The third-order valence-corrected chi connectivity index (χ3v) is 5.30. The number of aromatic hydroxyl groups is 1. The van der Waals surface area contributed by atoms with E-state index in [-0.39, 0.29) is 24.7 Å². The van der Waals surface area contributed by atoms with Crippen LogP contribution >= 0.6 is 0 Å². The van der Waals surface area contributed by atoms with E-state index in [9.17, 15) is 14.7 Å². The highest BCUT2D eigenvalue weighted by Gasteiger charge is 2.11. The van der Waals surface area contributed by atoms with Gasteiger partial charge < -0.3 is 20.3 Å². The number of carbonyl (C=O) groups is 2. The normalized spacial score (nSPS) is 11.3. The number of ether oxygens (including phenoxy) is 1. The zero-order valence-corrected chi connectivity index (χ0v) is 18.5. The molecule has 6 heteroatoms. The lowest BCUT2D eigenvalue weighted by Crippen LogP contribution is -2.29. The van der Waals surface area contributed by atoms with Gasteiger partial charge in [-0.15, -0.1) is 0 Å². The SMILES string of the molecule is O=C(O)CCCCC=C(COc1cccc2ccccc12)C(=O)NCCc1ccc(O)cc1. The van der Waals surface area contributed by atoms with Crippen molar-refractivity contribution >= 4 is 22.6 Å². The van der Waals surface area contributed by atoms with Gasteiger partial charge in [0.15, 0.2) is 0 Å². The van der Waals surface area contributed by atoms with Gasteiger partial charge in [-0.1, -0.05) is 54.6 Å². The maximum Gasteiger partial charge on any atom is 0.303 e. The minimum atomic E-state index is -0.814. The molecule has 0 radical (unpaired) electrons. The number of aliphatic carboxylic acids is 1. The van der Waals surface area contributed by atoms with Crippen LogP contribution in [0.3, 0.4) is 0 Å². The zero-order chi connectivity index (χ0) is 23.5. The maximum atomic E-state index is 12.9. The van der Waals surface area contributed by atoms with Gasteiger partial charge in [0, 0.05) is 18.4 Å². The van der Waals surface area contributed by atoms with Crippen LogP contribution in [0, 0.1) is 0 Å². The molecule has 3 N–H and O–H groups in total. The molecule has 172 valence electrons. The van der Waals surface area contributed by atoms with E-state index in [2.05, 4.69) is 5.32 Å². The second-order valence-corrected chi connectivity index (χ2v) is 7.81. The van der Waals surface area contributed by atoms with E-state index in [1.54, 1.807) is 12.1 Å². The monoisotopic (exact) mass is 447 g/mol. The number of amides is 1. The molecule has 0 unspecified atom stereocenters. The van der Waals surface area contributed by atoms with Crippen molar-refractivity contribution in [2.45, 2.75) is 32.1 Å². The number of hydrogen-bond donors (Lipinski definition) is 3. The van der Waals surface area contributed by atoms with Gasteiger partial charge in [-0.25, -0.2) is 0 Å². The van der Waals surface area contributed by atoms with Gasteiger partial charge in [-0.2, -0.15) is 0 Å². The summed E-state index contributed by atoms with van der Waals surface area (Å²) in [6.45, 7) is 0.576. The van der Waals surface area contributed by atoms with Crippen LogP contribution in [-0.4, -0.2) is 35.2 Å². The molecule has 0 saturated carbocycles. The van der Waals surface area contributed by atoms with E-state index in [0.717, 1.165) is 16.3 Å². The first kappa shape index (κ1) is 23.9. The Morgan fingerprint density at radius 3 is 2.48 bits per heavy atom. The predicted molar refractivity (Wildman–Crippen MR) is 128 cm³/mol. The molecule has 0 aliphatic rings. The molecule has 0 atom stereocenters. The third-order valence-electron chi connectivity index (χ3n) is 5.30. The number of carbonyl (C=O) groups excluding carboxylic acids is 1. The number of phenols is 1. The number of nitrogens with one attached hydrogen (secondary N) is 1. The summed E-state index contributed by atoms with van der Waals surface area (Å²) < 4.78 is 6.02. The second-order valence-electron chi connectivity index (χ2n) is 7.81. The largest absolute Gasteiger partial charge is 0.508 e. The number of carboxylic acids is 1. The van der Waals surface area contributed by atoms with Gasteiger partial charge in [0.05, 0.1) is 5.57 Å². The molecule has 33 heavy (non-hydrogen) atoms. The highest BCUT2D eigenvalue weighted by atomic mass is 16.5. The van der Waals surface area contributed by atoms with Crippen molar-refractivity contribution in [3.8, 4) is 11.5 Å². The maximum absolute atomic E-state index is 12.9. The number of carboxylic acid groups (broad SMARTS) is 1. The molecule has 0 spiro atoms. The van der Waals surface area contributed by atoms with Crippen molar-refractivity contribution in [2.75, 3.05) is 13.2 Å². The van der Waals surface area contributed by atoms with E-state index >= 15 is 0 Å². The molecule has 1 amide bonds. The summed E-state index contributed by atoms with van der Waals surface area (Å²) in [4.78, 5) is 23.6. The van der Waals surface area contributed by atoms with Gasteiger partial charge in [0.25, 0.3) is 0 Å². The van der Waals surface area contributed by atoms with E-state index in [0.29, 0.717) is 43.6 Å². The Morgan fingerprint density at radius 2 is 1.70 bits per heavy atom. The van der Waals surface area contributed by atoms with Crippen molar-refractivity contribution in [3.63, 3.8) is 0 Å². The summed E-state index contributed by atoms with van der Waals surface area (Å²) >= 11 is 0. The van der Waals surface area contributed by atoms with E-state index in [4.69, 9.17) is 9.84 Å². The van der Waals surface area contributed by atoms with Crippen LogP contribution in [0.5, 0.6) is 11.5 Å². The summed E-state index contributed by atoms with van der Waals surface area (Å²) in [6, 6.07) is 20.6. The Labute approximate surface area is 193 Å². The van der Waals surface area contributed by atoms with Crippen LogP contribution in [0.15, 0.2) is 78.4 Å². The number of rotatable bonds is 12. The van der Waals surface area contributed by atoms with Crippen molar-refractivity contribution in [2.24, 2.45) is 0 Å². The van der Waals surface area contributed by atoms with Gasteiger partial charge in [0.1, 0.15) is 18.1 Å². The molecular formula is C27H29NO5. The number of unbranched alkanes of at least 4 members (excludes halogenated alkanes) is 2. The van der Waals surface area contributed by atoms with Crippen LogP contribution in [0.2, 0.25) is 0 Å². The molecule has 3 rings (SSSR count). The second kappa shape index (κ2) is 12.3. The Kier molecular flexibility index (Phi) is 8.88. The summed E-state index contributed by atoms with van der Waals surface area (Å²) in [5.41, 5.74) is 1.53. The molecule has 6 nitrogen and oxygen atoms in total. The Morgan fingerprint density at radius 1 is 0.939 bits per heavy atom. The first-order valence-corrected chi connectivity index (χ1v) is 11.1. The van der Waals surface area contributed by atoms with Crippen LogP contribution in [0.25, 0.3) is 10.8 Å². The fourth-order valence-electron chi connectivity index (χ4n) is 3.49. The van der Waals surface area contributed by atoms with Crippen molar-refractivity contribution in [3.05, 3.63) is 83.9 Å². The number of hydrogen-bond acceptors (Lipinski definition) is 4.